The lowest BCUT2D eigenvalue weighted by Crippen LogP contribution is -2.53. The Morgan fingerprint density at radius 3 is 2.67 bits per heavy atom. The fraction of sp³-hybridized carbons (Fsp3) is 0.467. The van der Waals surface area contributed by atoms with Crippen molar-refractivity contribution in [3.8, 4) is 11.8 Å². The molecule has 2 heterocycles. The average molecular weight is 306 g/mol. The van der Waals surface area contributed by atoms with Crippen molar-refractivity contribution in [1.29, 1.82) is 0 Å². The molecular formula is C15H18N2O3S. The Morgan fingerprint density at radius 2 is 1.95 bits per heavy atom. The van der Waals surface area contributed by atoms with Crippen molar-refractivity contribution in [1.82, 2.24) is 9.80 Å². The van der Waals surface area contributed by atoms with Gasteiger partial charge in [-0.05, 0) is 19.1 Å². The van der Waals surface area contributed by atoms with Crippen LogP contribution in [0.25, 0.3) is 0 Å². The third-order valence-corrected chi connectivity index (χ3v) is 4.22. The Kier molecular flexibility index (Phi) is 5.37. The average Bonchev–Trinajstić information content (AvgIpc) is 2.92. The van der Waals surface area contributed by atoms with E-state index in [1.165, 1.54) is 11.3 Å². The number of aliphatic hydroxyl groups is 1. The van der Waals surface area contributed by atoms with E-state index in [1.54, 1.807) is 9.80 Å². The lowest BCUT2D eigenvalue weighted by Gasteiger charge is -2.32. The Morgan fingerprint density at radius 1 is 1.24 bits per heavy atom. The Labute approximate surface area is 128 Å². The molecule has 0 aliphatic carbocycles. The molecule has 1 aliphatic heterocycles. The van der Waals surface area contributed by atoms with Gasteiger partial charge in [-0.1, -0.05) is 11.8 Å². The molecule has 0 spiro atoms. The van der Waals surface area contributed by atoms with E-state index in [4.69, 9.17) is 5.11 Å². The first kappa shape index (κ1) is 15.5. The minimum absolute atomic E-state index is 0.0591. The van der Waals surface area contributed by atoms with Gasteiger partial charge in [0.2, 0.25) is 0 Å². The molecule has 1 N–H and O–H groups in total. The summed E-state index contributed by atoms with van der Waals surface area (Å²) in [5.41, 5.74) is 0. The summed E-state index contributed by atoms with van der Waals surface area (Å²) >= 11 is 1.51. The molecule has 0 aromatic carbocycles. The normalized spacial score (nSPS) is 15.1. The third kappa shape index (κ3) is 3.84. The number of rotatable bonds is 4. The fourth-order valence-electron chi connectivity index (χ4n) is 2.09. The molecule has 112 valence electrons. The fourth-order valence-corrected chi connectivity index (χ4v) is 2.99. The molecule has 1 saturated heterocycles. The smallest absolute Gasteiger partial charge is 0.312 e. The van der Waals surface area contributed by atoms with Crippen molar-refractivity contribution < 1.29 is 14.7 Å². The molecule has 0 unspecified atom stereocenters. The van der Waals surface area contributed by atoms with E-state index in [0.717, 1.165) is 9.75 Å². The van der Waals surface area contributed by atoms with Crippen LogP contribution < -0.4 is 0 Å². The van der Waals surface area contributed by atoms with Gasteiger partial charge in [-0.15, -0.1) is 11.3 Å². The standard InChI is InChI=1S/C15H18N2O3S/c1-2-16-8-9-17(15(20)14(16)19)11-13-7-6-12(21-13)5-3-4-10-18/h6-7,18H,2,4,8-11H2,1H3. The van der Waals surface area contributed by atoms with Crippen LogP contribution in [0.3, 0.4) is 0 Å². The molecular weight excluding hydrogens is 288 g/mol. The van der Waals surface area contributed by atoms with E-state index in [2.05, 4.69) is 11.8 Å². The van der Waals surface area contributed by atoms with E-state index in [1.807, 2.05) is 19.1 Å². The largest absolute Gasteiger partial charge is 0.395 e. The number of amides is 2. The summed E-state index contributed by atoms with van der Waals surface area (Å²) in [7, 11) is 0. The second-order valence-electron chi connectivity index (χ2n) is 4.65. The molecule has 0 bridgehead atoms. The number of likely N-dealkylation sites (N-methyl/N-ethyl adjacent to an activating group) is 1. The highest BCUT2D eigenvalue weighted by Crippen LogP contribution is 2.19. The highest BCUT2D eigenvalue weighted by molar-refractivity contribution is 7.12. The van der Waals surface area contributed by atoms with Gasteiger partial charge in [-0.25, -0.2) is 0 Å². The van der Waals surface area contributed by atoms with Crippen LogP contribution in [-0.4, -0.2) is 53.0 Å². The number of hydrogen-bond donors (Lipinski definition) is 1. The van der Waals surface area contributed by atoms with E-state index >= 15 is 0 Å². The van der Waals surface area contributed by atoms with Crippen molar-refractivity contribution in [3.63, 3.8) is 0 Å². The summed E-state index contributed by atoms with van der Waals surface area (Å²) in [4.78, 5) is 28.9. The molecule has 6 heteroatoms. The van der Waals surface area contributed by atoms with Crippen LogP contribution in [0.4, 0.5) is 0 Å². The molecule has 1 aromatic heterocycles. The van der Waals surface area contributed by atoms with Gasteiger partial charge in [0.05, 0.1) is 18.0 Å². The van der Waals surface area contributed by atoms with Gasteiger partial charge in [0.25, 0.3) is 0 Å². The summed E-state index contributed by atoms with van der Waals surface area (Å²) in [5.74, 6) is 5.00. The van der Waals surface area contributed by atoms with Gasteiger partial charge in [0.15, 0.2) is 0 Å². The van der Waals surface area contributed by atoms with Crippen LogP contribution in [0.15, 0.2) is 12.1 Å². The first-order valence-electron chi connectivity index (χ1n) is 6.92. The van der Waals surface area contributed by atoms with Crippen molar-refractivity contribution in [3.05, 3.63) is 21.9 Å². The maximum Gasteiger partial charge on any atom is 0.312 e. The van der Waals surface area contributed by atoms with Crippen LogP contribution in [0.2, 0.25) is 0 Å². The Bertz CT molecular complexity index is 585. The SMILES string of the molecule is CCN1CCN(Cc2ccc(C#CCCO)s2)C(=O)C1=O. The van der Waals surface area contributed by atoms with Gasteiger partial charge in [0.1, 0.15) is 0 Å². The molecule has 1 aliphatic rings. The number of carbonyl (C=O) groups excluding carboxylic acids is 2. The van der Waals surface area contributed by atoms with Crippen LogP contribution in [0, 0.1) is 11.8 Å². The predicted molar refractivity (Wildman–Crippen MR) is 80.6 cm³/mol. The van der Waals surface area contributed by atoms with Crippen LogP contribution >= 0.6 is 11.3 Å². The minimum Gasteiger partial charge on any atom is -0.395 e. The first-order valence-corrected chi connectivity index (χ1v) is 7.74. The van der Waals surface area contributed by atoms with Crippen molar-refractivity contribution in [2.24, 2.45) is 0 Å². The zero-order chi connectivity index (χ0) is 15.2. The first-order chi connectivity index (χ1) is 10.2. The summed E-state index contributed by atoms with van der Waals surface area (Å²) in [6.45, 7) is 4.12. The van der Waals surface area contributed by atoms with Gasteiger partial charge >= 0.3 is 11.8 Å². The molecule has 0 atom stereocenters. The summed E-state index contributed by atoms with van der Waals surface area (Å²) in [6.07, 6.45) is 0.458. The molecule has 2 rings (SSSR count). The maximum atomic E-state index is 12.0. The summed E-state index contributed by atoms with van der Waals surface area (Å²) < 4.78 is 0. The number of thiophene rings is 1. The van der Waals surface area contributed by atoms with Crippen molar-refractivity contribution >= 4 is 23.2 Å². The minimum atomic E-state index is -0.426. The van der Waals surface area contributed by atoms with Crippen LogP contribution in [-0.2, 0) is 16.1 Å². The number of aliphatic hydroxyl groups excluding tert-OH is 1. The molecule has 21 heavy (non-hydrogen) atoms. The molecule has 0 saturated carbocycles. The number of hydrogen-bond acceptors (Lipinski definition) is 4. The van der Waals surface area contributed by atoms with Crippen molar-refractivity contribution in [2.45, 2.75) is 19.9 Å². The predicted octanol–water partition coefficient (Wildman–Crippen LogP) is 0.673. The quantitative estimate of drug-likeness (QED) is 0.657. The molecule has 1 aromatic rings. The lowest BCUT2D eigenvalue weighted by molar-refractivity contribution is -0.156. The maximum absolute atomic E-state index is 12.0. The van der Waals surface area contributed by atoms with Gasteiger partial charge < -0.3 is 14.9 Å². The molecule has 2 amide bonds. The third-order valence-electron chi connectivity index (χ3n) is 3.24. The van der Waals surface area contributed by atoms with E-state index in [-0.39, 0.29) is 6.61 Å². The van der Waals surface area contributed by atoms with E-state index in [9.17, 15) is 9.59 Å². The summed E-state index contributed by atoms with van der Waals surface area (Å²) in [6, 6.07) is 3.83. The Balaban J connectivity index is 1.98. The number of carbonyl (C=O) groups is 2. The topological polar surface area (TPSA) is 60.9 Å². The van der Waals surface area contributed by atoms with Gasteiger partial charge in [-0.2, -0.15) is 0 Å². The van der Waals surface area contributed by atoms with Crippen molar-refractivity contribution in [2.75, 3.05) is 26.2 Å². The molecule has 5 nitrogen and oxygen atoms in total. The van der Waals surface area contributed by atoms with Crippen LogP contribution in [0.5, 0.6) is 0 Å². The summed E-state index contributed by atoms with van der Waals surface area (Å²) in [5, 5.41) is 8.68. The molecule has 1 fully saturated rings. The van der Waals surface area contributed by atoms with E-state index < -0.39 is 11.8 Å². The zero-order valence-electron chi connectivity index (χ0n) is 12.0. The lowest BCUT2D eigenvalue weighted by atomic mass is 10.2. The highest BCUT2D eigenvalue weighted by Gasteiger charge is 2.31. The van der Waals surface area contributed by atoms with E-state index in [0.29, 0.717) is 32.6 Å². The Hall–Kier alpha value is -1.84. The number of piperazine rings is 1. The van der Waals surface area contributed by atoms with Crippen LogP contribution in [0.1, 0.15) is 23.1 Å². The van der Waals surface area contributed by atoms with Gasteiger partial charge in [-0.3, -0.25) is 9.59 Å². The number of nitrogens with zero attached hydrogens (tertiary/aromatic N) is 2. The molecule has 0 radical (unpaired) electrons. The zero-order valence-corrected chi connectivity index (χ0v) is 12.8. The van der Waals surface area contributed by atoms with Gasteiger partial charge in [0, 0.05) is 30.9 Å². The second kappa shape index (κ2) is 7.25. The highest BCUT2D eigenvalue weighted by atomic mass is 32.1. The monoisotopic (exact) mass is 306 g/mol. The second-order valence-corrected chi connectivity index (χ2v) is 5.82.